The number of nitrogens with zero attached hydrogens (tertiary/aromatic N) is 1. The number of amides is 2. The van der Waals surface area contributed by atoms with Gasteiger partial charge in [-0.3, -0.25) is 9.59 Å². The number of carbonyl (C=O) groups excluding carboxylic acids is 3. The summed E-state index contributed by atoms with van der Waals surface area (Å²) in [6.07, 6.45) is 1.66. The van der Waals surface area contributed by atoms with E-state index in [2.05, 4.69) is 5.32 Å². The normalized spacial score (nSPS) is 15.5. The van der Waals surface area contributed by atoms with Crippen LogP contribution < -0.4 is 10.1 Å². The number of hydrogen-bond donors (Lipinski definition) is 1. The average molecular weight is 400 g/mol. The van der Waals surface area contributed by atoms with Crippen LogP contribution in [0.25, 0.3) is 6.08 Å². The maximum Gasteiger partial charge on any atom is 0.340 e. The lowest BCUT2D eigenvalue weighted by Crippen LogP contribution is -2.34. The molecule has 1 aliphatic heterocycles. The van der Waals surface area contributed by atoms with E-state index >= 15 is 0 Å². The molecule has 0 unspecified atom stereocenters. The van der Waals surface area contributed by atoms with Gasteiger partial charge in [0, 0.05) is 17.8 Å². The summed E-state index contributed by atoms with van der Waals surface area (Å²) < 4.78 is 10.3. The first-order valence-corrected chi connectivity index (χ1v) is 9.52. The molecule has 0 radical (unpaired) electrons. The Morgan fingerprint density at radius 1 is 1.14 bits per heavy atom. The molecule has 1 N–H and O–H groups in total. The van der Waals surface area contributed by atoms with Gasteiger partial charge in [-0.2, -0.15) is 0 Å². The number of hydrogen-bond acceptors (Lipinski definition) is 5. The molecule has 1 aromatic carbocycles. The molecule has 0 saturated carbocycles. The van der Waals surface area contributed by atoms with Gasteiger partial charge >= 0.3 is 5.97 Å². The quantitative estimate of drug-likeness (QED) is 0.562. The highest BCUT2D eigenvalue weighted by atomic mass is 16.5. The molecule has 1 heterocycles. The van der Waals surface area contributed by atoms with Gasteiger partial charge in [0.15, 0.2) is 6.61 Å². The zero-order chi connectivity index (χ0) is 21.7. The molecule has 0 spiro atoms. The molecule has 7 heteroatoms. The van der Waals surface area contributed by atoms with Gasteiger partial charge in [0.1, 0.15) is 5.75 Å². The molecule has 0 fully saturated rings. The van der Waals surface area contributed by atoms with Gasteiger partial charge in [-0.25, -0.2) is 4.79 Å². The lowest BCUT2D eigenvalue weighted by molar-refractivity contribution is -0.136. The third kappa shape index (κ3) is 5.25. The van der Waals surface area contributed by atoms with Crippen molar-refractivity contribution in [3.8, 4) is 5.75 Å². The fourth-order valence-electron chi connectivity index (χ4n) is 3.16. The van der Waals surface area contributed by atoms with Crippen molar-refractivity contribution in [2.45, 2.75) is 46.7 Å². The molecule has 2 amide bonds. The number of benzene rings is 1. The lowest BCUT2D eigenvalue weighted by Gasteiger charge is -2.22. The summed E-state index contributed by atoms with van der Waals surface area (Å²) in [6.45, 7) is 9.20. The molecule has 29 heavy (non-hydrogen) atoms. The van der Waals surface area contributed by atoms with Crippen LogP contribution in [0.3, 0.4) is 0 Å². The number of allylic oxidation sites excluding steroid dienone is 1. The fraction of sp³-hybridized carbons (Fsp3) is 0.409. The van der Waals surface area contributed by atoms with Crippen molar-refractivity contribution >= 4 is 23.9 Å². The Hall–Kier alpha value is -3.09. The highest BCUT2D eigenvalue weighted by Crippen LogP contribution is 2.33. The van der Waals surface area contributed by atoms with E-state index in [4.69, 9.17) is 9.47 Å². The Labute approximate surface area is 171 Å². The number of carbonyl (C=O) groups is 3. The Morgan fingerprint density at radius 2 is 1.76 bits per heavy atom. The first-order valence-electron chi connectivity index (χ1n) is 9.52. The van der Waals surface area contributed by atoms with Crippen molar-refractivity contribution in [1.82, 2.24) is 10.2 Å². The number of ether oxygens (including phenoxy) is 2. The fourth-order valence-corrected chi connectivity index (χ4v) is 3.16. The summed E-state index contributed by atoms with van der Waals surface area (Å²) in [5.74, 6) is -0.433. The van der Waals surface area contributed by atoms with Crippen molar-refractivity contribution in [2.24, 2.45) is 0 Å². The Morgan fingerprint density at radius 3 is 2.28 bits per heavy atom. The van der Waals surface area contributed by atoms with Gasteiger partial charge in [-0.1, -0.05) is 12.1 Å². The smallest absolute Gasteiger partial charge is 0.340 e. The van der Waals surface area contributed by atoms with Crippen LogP contribution in [0.2, 0.25) is 0 Å². The van der Waals surface area contributed by atoms with Crippen molar-refractivity contribution in [3.63, 3.8) is 0 Å². The Bertz CT molecular complexity index is 850. The van der Waals surface area contributed by atoms with E-state index in [0.717, 1.165) is 5.56 Å². The summed E-state index contributed by atoms with van der Waals surface area (Å²) in [5, 5.41) is 2.75. The second-order valence-corrected chi connectivity index (χ2v) is 7.36. The molecule has 1 aliphatic rings. The predicted octanol–water partition coefficient (Wildman–Crippen LogP) is 2.67. The van der Waals surface area contributed by atoms with E-state index in [1.54, 1.807) is 42.2 Å². The topological polar surface area (TPSA) is 84.9 Å². The molecule has 0 atom stereocenters. The van der Waals surface area contributed by atoms with Crippen molar-refractivity contribution in [3.05, 3.63) is 46.7 Å². The highest BCUT2D eigenvalue weighted by Gasteiger charge is 2.38. The zero-order valence-corrected chi connectivity index (χ0v) is 17.7. The van der Waals surface area contributed by atoms with E-state index in [1.165, 1.54) is 7.11 Å². The monoisotopic (exact) mass is 400 g/mol. The third-order valence-corrected chi connectivity index (χ3v) is 4.36. The van der Waals surface area contributed by atoms with Gasteiger partial charge in [-0.15, -0.1) is 0 Å². The Balaban J connectivity index is 2.22. The van der Waals surface area contributed by atoms with Crippen LogP contribution in [0, 0.1) is 0 Å². The van der Waals surface area contributed by atoms with Gasteiger partial charge in [0.05, 0.1) is 18.3 Å². The summed E-state index contributed by atoms with van der Waals surface area (Å²) in [7, 11) is 1.30. The molecular weight excluding hydrogens is 372 g/mol. The number of nitrogens with one attached hydrogen (secondary N) is 1. The summed E-state index contributed by atoms with van der Waals surface area (Å²) in [6, 6.07) is 6.92. The SMILES string of the molecule is COC(=O)C1=C(C)N(C(C)C)C(=O)C1=Cc1ccc(OCC(=O)NC(C)C)cc1. The second-order valence-electron chi connectivity index (χ2n) is 7.36. The number of methoxy groups -OCH3 is 1. The second kappa shape index (κ2) is 9.41. The number of esters is 1. The zero-order valence-electron chi connectivity index (χ0n) is 17.7. The minimum atomic E-state index is -0.540. The molecule has 0 saturated heterocycles. The van der Waals surface area contributed by atoms with Crippen LogP contribution in [0.15, 0.2) is 41.1 Å². The molecule has 156 valence electrons. The van der Waals surface area contributed by atoms with Crippen LogP contribution in [0.4, 0.5) is 0 Å². The van der Waals surface area contributed by atoms with E-state index in [1.807, 2.05) is 27.7 Å². The molecule has 0 aliphatic carbocycles. The summed E-state index contributed by atoms with van der Waals surface area (Å²) >= 11 is 0. The molecule has 0 bridgehead atoms. The van der Waals surface area contributed by atoms with Crippen LogP contribution in [0.5, 0.6) is 5.75 Å². The Kier molecular flexibility index (Phi) is 7.20. The third-order valence-electron chi connectivity index (χ3n) is 4.36. The average Bonchev–Trinajstić information content (AvgIpc) is 2.90. The van der Waals surface area contributed by atoms with Gasteiger partial charge < -0.3 is 19.7 Å². The maximum absolute atomic E-state index is 12.9. The van der Waals surface area contributed by atoms with E-state index in [-0.39, 0.29) is 36.1 Å². The van der Waals surface area contributed by atoms with Crippen LogP contribution >= 0.6 is 0 Å². The van der Waals surface area contributed by atoms with Gasteiger partial charge in [0.2, 0.25) is 0 Å². The minimum Gasteiger partial charge on any atom is -0.484 e. The largest absolute Gasteiger partial charge is 0.484 e. The van der Waals surface area contributed by atoms with Crippen LogP contribution in [0.1, 0.15) is 40.2 Å². The first kappa shape index (κ1) is 22.2. The van der Waals surface area contributed by atoms with E-state index in [9.17, 15) is 14.4 Å². The summed E-state index contributed by atoms with van der Waals surface area (Å²) in [4.78, 5) is 38.4. The van der Waals surface area contributed by atoms with Crippen molar-refractivity contribution < 1.29 is 23.9 Å². The van der Waals surface area contributed by atoms with Crippen LogP contribution in [-0.4, -0.2) is 48.5 Å². The lowest BCUT2D eigenvalue weighted by atomic mass is 10.0. The predicted molar refractivity (Wildman–Crippen MR) is 110 cm³/mol. The van der Waals surface area contributed by atoms with Crippen LogP contribution in [-0.2, 0) is 19.1 Å². The maximum atomic E-state index is 12.9. The molecule has 2 rings (SSSR count). The number of rotatable bonds is 7. The molecule has 0 aromatic heterocycles. The molecule has 7 nitrogen and oxygen atoms in total. The van der Waals surface area contributed by atoms with E-state index < -0.39 is 5.97 Å². The first-order chi connectivity index (χ1) is 13.6. The van der Waals surface area contributed by atoms with Gasteiger partial charge in [0.25, 0.3) is 11.8 Å². The highest BCUT2D eigenvalue weighted by molar-refractivity contribution is 6.16. The van der Waals surface area contributed by atoms with Crippen molar-refractivity contribution in [2.75, 3.05) is 13.7 Å². The molecular formula is C22H28N2O5. The minimum absolute atomic E-state index is 0.0509. The van der Waals surface area contributed by atoms with Gasteiger partial charge in [-0.05, 0) is 58.4 Å². The molecule has 1 aromatic rings. The van der Waals surface area contributed by atoms with Crippen molar-refractivity contribution in [1.29, 1.82) is 0 Å². The summed E-state index contributed by atoms with van der Waals surface area (Å²) in [5.41, 5.74) is 1.89. The van der Waals surface area contributed by atoms with E-state index in [0.29, 0.717) is 17.0 Å². The standard InChI is InChI=1S/C22H28N2O5/c1-13(2)23-19(25)12-29-17-9-7-16(8-10-17)11-18-20(22(27)28-6)15(5)24(14(3)4)21(18)26/h7-11,13-14H,12H2,1-6H3,(H,23,25).